The number of aryl methyl sites for hydroxylation is 1. The molecule has 0 radical (unpaired) electrons. The van der Waals surface area contributed by atoms with Crippen LogP contribution in [0.25, 0.3) is 0 Å². The number of piperidine rings is 1. The third-order valence-corrected chi connectivity index (χ3v) is 4.07. The summed E-state index contributed by atoms with van der Waals surface area (Å²) in [5, 5.41) is 0.744. The third-order valence-electron chi connectivity index (χ3n) is 3.68. The lowest BCUT2D eigenvalue weighted by Gasteiger charge is -2.33. The Labute approximate surface area is 114 Å². The van der Waals surface area contributed by atoms with Gasteiger partial charge in [0, 0.05) is 26.8 Å². The van der Waals surface area contributed by atoms with Crippen LogP contribution in [-0.4, -0.2) is 31.8 Å². The Hall–Kier alpha value is -0.800. The highest BCUT2D eigenvalue weighted by Crippen LogP contribution is 2.25. The first-order chi connectivity index (χ1) is 8.70. The number of methoxy groups -OCH3 is 1. The van der Waals surface area contributed by atoms with Crippen molar-refractivity contribution >= 4 is 17.4 Å². The van der Waals surface area contributed by atoms with Gasteiger partial charge < -0.3 is 9.64 Å². The maximum absolute atomic E-state index is 6.01. The molecule has 0 aromatic carbocycles. The molecule has 0 N–H and O–H groups in total. The first kappa shape index (κ1) is 13.6. The van der Waals surface area contributed by atoms with Gasteiger partial charge in [-0.05, 0) is 44.2 Å². The van der Waals surface area contributed by atoms with Gasteiger partial charge in [-0.3, -0.25) is 0 Å². The lowest BCUT2D eigenvalue weighted by molar-refractivity contribution is 0.170. The lowest BCUT2D eigenvalue weighted by Crippen LogP contribution is -2.34. The van der Waals surface area contributed by atoms with Crippen LogP contribution in [0.5, 0.6) is 0 Å². The lowest BCUT2D eigenvalue weighted by atomic mass is 9.94. The Balaban J connectivity index is 1.90. The molecule has 18 heavy (non-hydrogen) atoms. The van der Waals surface area contributed by atoms with E-state index < -0.39 is 0 Å². The van der Waals surface area contributed by atoms with E-state index in [0.717, 1.165) is 42.1 Å². The summed E-state index contributed by atoms with van der Waals surface area (Å²) in [5.41, 5.74) is 0.913. The molecule has 1 saturated heterocycles. The van der Waals surface area contributed by atoms with E-state index in [1.807, 2.05) is 19.1 Å². The number of hydrogen-bond donors (Lipinski definition) is 0. The molecule has 0 amide bonds. The van der Waals surface area contributed by atoms with Gasteiger partial charge in [-0.25, -0.2) is 4.98 Å². The summed E-state index contributed by atoms with van der Waals surface area (Å²) < 4.78 is 5.14. The summed E-state index contributed by atoms with van der Waals surface area (Å²) in [6.45, 7) is 5.01. The molecule has 0 spiro atoms. The predicted molar refractivity (Wildman–Crippen MR) is 75.4 cm³/mol. The van der Waals surface area contributed by atoms with Gasteiger partial charge in [0.15, 0.2) is 0 Å². The number of hydrogen-bond acceptors (Lipinski definition) is 3. The summed E-state index contributed by atoms with van der Waals surface area (Å²) in [4.78, 5) is 6.91. The minimum Gasteiger partial charge on any atom is -0.385 e. The van der Waals surface area contributed by atoms with Gasteiger partial charge in [0.25, 0.3) is 0 Å². The maximum Gasteiger partial charge on any atom is 0.128 e. The molecule has 0 bridgehead atoms. The first-order valence-corrected chi connectivity index (χ1v) is 6.95. The number of ether oxygens (including phenoxy) is 1. The zero-order valence-corrected chi connectivity index (χ0v) is 11.9. The van der Waals surface area contributed by atoms with Gasteiger partial charge in [-0.2, -0.15) is 0 Å². The van der Waals surface area contributed by atoms with Crippen LogP contribution < -0.4 is 4.90 Å². The number of rotatable bonds is 4. The molecule has 4 heteroatoms. The Bertz CT molecular complexity index is 389. The highest BCUT2D eigenvalue weighted by Gasteiger charge is 2.20. The van der Waals surface area contributed by atoms with Crippen LogP contribution in [0.1, 0.15) is 25.0 Å². The van der Waals surface area contributed by atoms with Gasteiger partial charge in [0.1, 0.15) is 5.82 Å². The standard InChI is InChI=1S/C14H21ClN2O/c1-11-13(15)3-4-14(16-11)17-8-5-12(6-9-17)7-10-18-2/h3-4,12H,5-10H2,1-2H3. The minimum atomic E-state index is 0.744. The van der Waals surface area contributed by atoms with Crippen molar-refractivity contribution < 1.29 is 4.74 Å². The Morgan fingerprint density at radius 3 is 2.72 bits per heavy atom. The van der Waals surface area contributed by atoms with E-state index in [2.05, 4.69) is 9.88 Å². The van der Waals surface area contributed by atoms with E-state index in [1.54, 1.807) is 7.11 Å². The predicted octanol–water partition coefficient (Wildman–Crippen LogP) is 3.30. The van der Waals surface area contributed by atoms with Crippen LogP contribution in [0.3, 0.4) is 0 Å². The van der Waals surface area contributed by atoms with Crippen LogP contribution in [0.4, 0.5) is 5.82 Å². The molecule has 1 aliphatic heterocycles. The molecule has 1 aromatic rings. The number of halogens is 1. The summed E-state index contributed by atoms with van der Waals surface area (Å²) in [7, 11) is 1.77. The number of pyridine rings is 1. The second kappa shape index (κ2) is 6.39. The number of aromatic nitrogens is 1. The zero-order chi connectivity index (χ0) is 13.0. The van der Waals surface area contributed by atoms with E-state index >= 15 is 0 Å². The number of nitrogens with zero attached hydrogens (tertiary/aromatic N) is 2. The summed E-state index contributed by atoms with van der Waals surface area (Å²) >= 11 is 6.01. The van der Waals surface area contributed by atoms with Crippen LogP contribution in [0.2, 0.25) is 5.02 Å². The van der Waals surface area contributed by atoms with E-state index in [-0.39, 0.29) is 0 Å². The second-order valence-corrected chi connectivity index (χ2v) is 5.36. The van der Waals surface area contributed by atoms with Crippen molar-refractivity contribution in [2.45, 2.75) is 26.2 Å². The zero-order valence-electron chi connectivity index (χ0n) is 11.2. The quantitative estimate of drug-likeness (QED) is 0.838. The summed E-state index contributed by atoms with van der Waals surface area (Å²) in [6, 6.07) is 3.96. The molecule has 2 heterocycles. The van der Waals surface area contributed by atoms with E-state index in [4.69, 9.17) is 16.3 Å². The minimum absolute atomic E-state index is 0.744. The van der Waals surface area contributed by atoms with Gasteiger partial charge in [-0.1, -0.05) is 11.6 Å². The molecule has 1 aromatic heterocycles. The molecule has 1 aliphatic rings. The highest BCUT2D eigenvalue weighted by molar-refractivity contribution is 6.31. The first-order valence-electron chi connectivity index (χ1n) is 6.57. The molecular formula is C14H21ClN2O. The smallest absolute Gasteiger partial charge is 0.128 e. The Morgan fingerprint density at radius 2 is 2.11 bits per heavy atom. The molecule has 2 rings (SSSR count). The molecule has 3 nitrogen and oxygen atoms in total. The normalized spacial score (nSPS) is 17.2. The van der Waals surface area contributed by atoms with E-state index in [1.165, 1.54) is 19.3 Å². The maximum atomic E-state index is 6.01. The van der Waals surface area contributed by atoms with Gasteiger partial charge in [-0.15, -0.1) is 0 Å². The van der Waals surface area contributed by atoms with Gasteiger partial charge in [0.2, 0.25) is 0 Å². The van der Waals surface area contributed by atoms with Crippen molar-refractivity contribution in [3.05, 3.63) is 22.8 Å². The van der Waals surface area contributed by atoms with Crippen LogP contribution in [0.15, 0.2) is 12.1 Å². The van der Waals surface area contributed by atoms with Gasteiger partial charge in [0.05, 0.1) is 10.7 Å². The van der Waals surface area contributed by atoms with Crippen molar-refractivity contribution in [3.8, 4) is 0 Å². The van der Waals surface area contributed by atoms with Crippen molar-refractivity contribution in [3.63, 3.8) is 0 Å². The van der Waals surface area contributed by atoms with E-state index in [0.29, 0.717) is 0 Å². The SMILES string of the molecule is COCCC1CCN(c2ccc(Cl)c(C)n2)CC1. The summed E-state index contributed by atoms with van der Waals surface area (Å²) in [5.74, 6) is 1.86. The fourth-order valence-corrected chi connectivity index (χ4v) is 2.55. The fourth-order valence-electron chi connectivity index (χ4n) is 2.44. The Morgan fingerprint density at radius 1 is 1.39 bits per heavy atom. The van der Waals surface area contributed by atoms with Crippen molar-refractivity contribution in [1.29, 1.82) is 0 Å². The molecular weight excluding hydrogens is 248 g/mol. The largest absolute Gasteiger partial charge is 0.385 e. The van der Waals surface area contributed by atoms with Crippen LogP contribution in [-0.2, 0) is 4.74 Å². The third kappa shape index (κ3) is 3.36. The molecule has 0 saturated carbocycles. The van der Waals surface area contributed by atoms with Crippen molar-refractivity contribution in [1.82, 2.24) is 4.98 Å². The van der Waals surface area contributed by atoms with Crippen molar-refractivity contribution in [2.24, 2.45) is 5.92 Å². The Kier molecular flexibility index (Phi) is 4.84. The summed E-state index contributed by atoms with van der Waals surface area (Å²) in [6.07, 6.45) is 3.64. The molecule has 100 valence electrons. The average molecular weight is 269 g/mol. The van der Waals surface area contributed by atoms with Crippen LogP contribution >= 0.6 is 11.6 Å². The van der Waals surface area contributed by atoms with Crippen LogP contribution in [0, 0.1) is 12.8 Å². The van der Waals surface area contributed by atoms with Gasteiger partial charge >= 0.3 is 0 Å². The topological polar surface area (TPSA) is 25.4 Å². The molecule has 0 unspecified atom stereocenters. The van der Waals surface area contributed by atoms with Crippen molar-refractivity contribution in [2.75, 3.05) is 31.7 Å². The second-order valence-electron chi connectivity index (χ2n) is 4.95. The molecule has 0 atom stereocenters. The average Bonchev–Trinajstić information content (AvgIpc) is 2.40. The molecule has 1 fully saturated rings. The monoisotopic (exact) mass is 268 g/mol. The molecule has 0 aliphatic carbocycles. The highest BCUT2D eigenvalue weighted by atomic mass is 35.5. The number of anilines is 1. The van der Waals surface area contributed by atoms with E-state index in [9.17, 15) is 0 Å². The fraction of sp³-hybridized carbons (Fsp3) is 0.643.